The lowest BCUT2D eigenvalue weighted by molar-refractivity contribution is 0.318. The lowest BCUT2D eigenvalue weighted by Crippen LogP contribution is -2.26. The lowest BCUT2D eigenvalue weighted by atomic mass is 9.98. The molecule has 1 aromatic heterocycles. The summed E-state index contributed by atoms with van der Waals surface area (Å²) in [5, 5.41) is 12.3. The minimum absolute atomic E-state index is 0.0138. The van der Waals surface area contributed by atoms with E-state index >= 15 is 0 Å². The molecule has 1 aromatic rings. The van der Waals surface area contributed by atoms with E-state index < -0.39 is 0 Å². The van der Waals surface area contributed by atoms with Crippen LogP contribution in [0, 0.1) is 5.92 Å². The first-order chi connectivity index (χ1) is 9.67. The second-order valence-corrected chi connectivity index (χ2v) is 5.55. The van der Waals surface area contributed by atoms with Crippen molar-refractivity contribution in [1.29, 1.82) is 0 Å². The molecule has 0 bridgehead atoms. The summed E-state index contributed by atoms with van der Waals surface area (Å²) in [7, 11) is 0. The van der Waals surface area contributed by atoms with Gasteiger partial charge in [0.1, 0.15) is 5.82 Å². The standard InChI is InChI=1S/C14H21ClN4O/c1-2-10-4-3-8-19(9-6-10)14-12(15)11(5-7-17-14)13(16)18-20/h5,7,10,20H,2-4,6,8-9H2,1H3,(H2,16,18). The van der Waals surface area contributed by atoms with Gasteiger partial charge in [0.25, 0.3) is 0 Å². The fourth-order valence-corrected chi connectivity index (χ4v) is 3.02. The molecule has 110 valence electrons. The summed E-state index contributed by atoms with van der Waals surface area (Å²) >= 11 is 6.36. The van der Waals surface area contributed by atoms with Crippen molar-refractivity contribution in [2.45, 2.75) is 32.6 Å². The zero-order chi connectivity index (χ0) is 14.5. The summed E-state index contributed by atoms with van der Waals surface area (Å²) < 4.78 is 0. The van der Waals surface area contributed by atoms with Gasteiger partial charge in [0, 0.05) is 24.8 Å². The number of oxime groups is 1. The number of nitrogens with two attached hydrogens (primary N) is 1. The highest BCUT2D eigenvalue weighted by Crippen LogP contribution is 2.30. The summed E-state index contributed by atoms with van der Waals surface area (Å²) in [5.74, 6) is 1.53. The number of aromatic nitrogens is 1. The average molecular weight is 297 g/mol. The van der Waals surface area contributed by atoms with Gasteiger partial charge in [-0.05, 0) is 31.2 Å². The third-order valence-electron chi connectivity index (χ3n) is 3.98. The van der Waals surface area contributed by atoms with Crippen LogP contribution in [0.4, 0.5) is 5.82 Å². The molecule has 1 fully saturated rings. The Morgan fingerprint density at radius 3 is 3.05 bits per heavy atom. The molecule has 1 saturated heterocycles. The van der Waals surface area contributed by atoms with Crippen molar-refractivity contribution in [3.05, 3.63) is 22.8 Å². The third kappa shape index (κ3) is 3.15. The molecule has 1 aliphatic rings. The topological polar surface area (TPSA) is 74.7 Å². The van der Waals surface area contributed by atoms with Gasteiger partial charge in [-0.2, -0.15) is 0 Å². The highest BCUT2D eigenvalue weighted by atomic mass is 35.5. The van der Waals surface area contributed by atoms with Gasteiger partial charge in [-0.1, -0.05) is 30.1 Å². The van der Waals surface area contributed by atoms with Gasteiger partial charge in [-0.25, -0.2) is 4.98 Å². The zero-order valence-electron chi connectivity index (χ0n) is 11.7. The lowest BCUT2D eigenvalue weighted by Gasteiger charge is -2.23. The number of hydrogen-bond donors (Lipinski definition) is 2. The van der Waals surface area contributed by atoms with E-state index in [-0.39, 0.29) is 5.84 Å². The van der Waals surface area contributed by atoms with Gasteiger partial charge < -0.3 is 15.8 Å². The first kappa shape index (κ1) is 14.9. The van der Waals surface area contributed by atoms with Crippen molar-refractivity contribution in [2.24, 2.45) is 16.8 Å². The molecule has 2 heterocycles. The van der Waals surface area contributed by atoms with E-state index in [1.807, 2.05) is 0 Å². The second-order valence-electron chi connectivity index (χ2n) is 5.17. The van der Waals surface area contributed by atoms with Gasteiger partial charge >= 0.3 is 0 Å². The zero-order valence-corrected chi connectivity index (χ0v) is 12.5. The summed E-state index contributed by atoms with van der Waals surface area (Å²) in [6.45, 7) is 4.14. The van der Waals surface area contributed by atoms with Gasteiger partial charge in [0.2, 0.25) is 0 Å². The highest BCUT2D eigenvalue weighted by molar-refractivity contribution is 6.36. The van der Waals surface area contributed by atoms with Crippen molar-refractivity contribution < 1.29 is 5.21 Å². The van der Waals surface area contributed by atoms with E-state index in [0.29, 0.717) is 10.6 Å². The molecule has 20 heavy (non-hydrogen) atoms. The van der Waals surface area contributed by atoms with Gasteiger partial charge in [0.15, 0.2) is 5.84 Å². The van der Waals surface area contributed by atoms with E-state index in [4.69, 9.17) is 22.5 Å². The molecule has 6 heteroatoms. The molecule has 0 saturated carbocycles. The molecule has 0 amide bonds. The molecule has 0 radical (unpaired) electrons. The summed E-state index contributed by atoms with van der Waals surface area (Å²) in [4.78, 5) is 6.57. The predicted molar refractivity (Wildman–Crippen MR) is 81.6 cm³/mol. The number of amidine groups is 1. The number of rotatable bonds is 3. The van der Waals surface area contributed by atoms with Crippen molar-refractivity contribution in [2.75, 3.05) is 18.0 Å². The van der Waals surface area contributed by atoms with Crippen molar-refractivity contribution >= 4 is 23.3 Å². The van der Waals surface area contributed by atoms with Crippen LogP contribution in [-0.2, 0) is 0 Å². The van der Waals surface area contributed by atoms with Crippen LogP contribution >= 0.6 is 11.6 Å². The van der Waals surface area contributed by atoms with E-state index in [1.54, 1.807) is 12.3 Å². The third-order valence-corrected chi connectivity index (χ3v) is 4.35. The monoisotopic (exact) mass is 296 g/mol. The minimum atomic E-state index is 0.0138. The minimum Gasteiger partial charge on any atom is -0.409 e. The van der Waals surface area contributed by atoms with Crippen LogP contribution in [0.1, 0.15) is 38.2 Å². The number of anilines is 1. The molecule has 2 rings (SSSR count). The Balaban J connectivity index is 2.24. The number of hydrogen-bond acceptors (Lipinski definition) is 4. The largest absolute Gasteiger partial charge is 0.409 e. The number of pyridine rings is 1. The van der Waals surface area contributed by atoms with Crippen molar-refractivity contribution in [3.63, 3.8) is 0 Å². The normalized spacial score (nSPS) is 20.8. The molecule has 0 aliphatic carbocycles. The summed E-state index contributed by atoms with van der Waals surface area (Å²) in [6.07, 6.45) is 6.42. The average Bonchev–Trinajstić information content (AvgIpc) is 2.72. The Labute approximate surface area is 124 Å². The van der Waals surface area contributed by atoms with Crippen molar-refractivity contribution in [1.82, 2.24) is 4.98 Å². The van der Waals surface area contributed by atoms with Crippen LogP contribution in [0.15, 0.2) is 17.4 Å². The molecule has 5 nitrogen and oxygen atoms in total. The smallest absolute Gasteiger partial charge is 0.171 e. The van der Waals surface area contributed by atoms with Crippen molar-refractivity contribution in [3.8, 4) is 0 Å². The Bertz CT molecular complexity index is 492. The van der Waals surface area contributed by atoms with E-state index in [9.17, 15) is 0 Å². The maximum Gasteiger partial charge on any atom is 0.171 e. The number of halogens is 1. The first-order valence-corrected chi connectivity index (χ1v) is 7.42. The summed E-state index contributed by atoms with van der Waals surface area (Å²) in [5.41, 5.74) is 6.16. The molecule has 0 aromatic carbocycles. The Morgan fingerprint density at radius 2 is 2.35 bits per heavy atom. The Kier molecular flexibility index (Phi) is 5.06. The fourth-order valence-electron chi connectivity index (χ4n) is 2.69. The Hall–Kier alpha value is -1.49. The molecular formula is C14H21ClN4O. The van der Waals surface area contributed by atoms with Crippen LogP contribution in [0.5, 0.6) is 0 Å². The van der Waals surface area contributed by atoms with Crippen LogP contribution in [0.2, 0.25) is 5.02 Å². The van der Waals surface area contributed by atoms with E-state index in [0.717, 1.165) is 37.7 Å². The fraction of sp³-hybridized carbons (Fsp3) is 0.571. The SMILES string of the molecule is CCC1CCCN(c2nccc(/C(N)=N/O)c2Cl)CC1. The highest BCUT2D eigenvalue weighted by Gasteiger charge is 2.20. The predicted octanol–water partition coefficient (Wildman–Crippen LogP) is 2.85. The van der Waals surface area contributed by atoms with Crippen LogP contribution in [0.25, 0.3) is 0 Å². The van der Waals surface area contributed by atoms with Crippen LogP contribution < -0.4 is 10.6 Å². The van der Waals surface area contributed by atoms with E-state index in [2.05, 4.69) is 22.0 Å². The number of nitrogens with zero attached hydrogens (tertiary/aromatic N) is 3. The Morgan fingerprint density at radius 1 is 1.55 bits per heavy atom. The second kappa shape index (κ2) is 6.79. The summed E-state index contributed by atoms with van der Waals surface area (Å²) in [6, 6.07) is 1.66. The first-order valence-electron chi connectivity index (χ1n) is 7.04. The van der Waals surface area contributed by atoms with Gasteiger partial charge in [-0.15, -0.1) is 0 Å². The molecule has 1 atom stereocenters. The quantitative estimate of drug-likeness (QED) is 0.389. The molecule has 1 aliphatic heterocycles. The maximum atomic E-state index is 8.80. The molecule has 1 unspecified atom stereocenters. The van der Waals surface area contributed by atoms with Gasteiger partial charge in [-0.3, -0.25) is 0 Å². The molecule has 3 N–H and O–H groups in total. The molecular weight excluding hydrogens is 276 g/mol. The van der Waals surface area contributed by atoms with E-state index in [1.165, 1.54) is 12.8 Å². The van der Waals surface area contributed by atoms with Crippen LogP contribution in [0.3, 0.4) is 0 Å². The molecule has 0 spiro atoms. The maximum absolute atomic E-state index is 8.80. The van der Waals surface area contributed by atoms with Crippen LogP contribution in [-0.4, -0.2) is 29.1 Å². The van der Waals surface area contributed by atoms with Gasteiger partial charge in [0.05, 0.1) is 5.02 Å².